The molecule has 0 radical (unpaired) electrons. The van der Waals surface area contributed by atoms with Gasteiger partial charge in [-0.25, -0.2) is 13.2 Å². The van der Waals surface area contributed by atoms with E-state index < -0.39 is 16.0 Å². The van der Waals surface area contributed by atoms with Crippen LogP contribution in [0.4, 0.5) is 0 Å². The first kappa shape index (κ1) is 21.5. The van der Waals surface area contributed by atoms with Gasteiger partial charge in [-0.1, -0.05) is 31.2 Å². The molecule has 1 aromatic heterocycles. The Morgan fingerprint density at radius 1 is 1.07 bits per heavy atom. The van der Waals surface area contributed by atoms with Crippen LogP contribution < -0.4 is 0 Å². The van der Waals surface area contributed by atoms with Gasteiger partial charge in [0.2, 0.25) is 5.91 Å². The predicted octanol–water partition coefficient (Wildman–Crippen LogP) is 2.47. The van der Waals surface area contributed by atoms with E-state index >= 15 is 0 Å². The van der Waals surface area contributed by atoms with Crippen molar-refractivity contribution < 1.29 is 23.1 Å². The summed E-state index contributed by atoms with van der Waals surface area (Å²) in [6, 6.07) is 9.42. The normalized spacial score (nSPS) is 15.4. The van der Waals surface area contributed by atoms with Crippen molar-refractivity contribution in [2.45, 2.75) is 30.4 Å². The second kappa shape index (κ2) is 9.06. The zero-order valence-electron chi connectivity index (χ0n) is 16.2. The number of amides is 1. The number of hydrogen-bond donors (Lipinski definition) is 1. The molecule has 0 spiro atoms. The third-order valence-corrected chi connectivity index (χ3v) is 8.38. The molecule has 1 aliphatic rings. The summed E-state index contributed by atoms with van der Waals surface area (Å²) in [4.78, 5) is 25.2. The number of rotatable bonds is 7. The van der Waals surface area contributed by atoms with Crippen LogP contribution in [0.1, 0.15) is 34.8 Å². The first-order valence-corrected chi connectivity index (χ1v) is 11.8. The van der Waals surface area contributed by atoms with E-state index in [1.165, 1.54) is 21.3 Å². The lowest BCUT2D eigenvalue weighted by atomic mass is 10.1. The second-order valence-electron chi connectivity index (χ2n) is 6.91. The molecule has 0 bridgehead atoms. The van der Waals surface area contributed by atoms with Gasteiger partial charge in [0.15, 0.2) is 0 Å². The number of carbonyl (C=O) groups is 2. The van der Waals surface area contributed by atoms with Gasteiger partial charge < -0.3 is 10.0 Å². The first-order valence-electron chi connectivity index (χ1n) is 9.49. The molecule has 0 unspecified atom stereocenters. The minimum Gasteiger partial charge on any atom is -0.478 e. The van der Waals surface area contributed by atoms with Gasteiger partial charge >= 0.3 is 5.97 Å². The van der Waals surface area contributed by atoms with Gasteiger partial charge in [-0.2, -0.15) is 4.31 Å². The van der Waals surface area contributed by atoms with E-state index in [4.69, 9.17) is 5.11 Å². The zero-order chi connectivity index (χ0) is 21.0. The van der Waals surface area contributed by atoms with E-state index in [0.717, 1.165) is 23.3 Å². The molecule has 2 heterocycles. The standard InChI is InChI=1S/C20H24N2O5S2/c1-2-15-3-5-16(6-4-15)7-8-18(23)21-9-11-22(12-10-21)29(26,27)19-13-17(14-28-19)20(24)25/h3-6,13-14H,2,7-12H2,1H3,(H,24,25). The molecule has 1 aromatic carbocycles. The Balaban J connectivity index is 1.53. The third-order valence-electron chi connectivity index (χ3n) is 5.07. The molecule has 1 aliphatic heterocycles. The molecule has 1 amide bonds. The van der Waals surface area contributed by atoms with Crippen LogP contribution in [0.2, 0.25) is 0 Å². The SMILES string of the molecule is CCc1ccc(CCC(=O)N2CCN(S(=O)(=O)c3cc(C(=O)O)cs3)CC2)cc1. The van der Waals surface area contributed by atoms with Crippen molar-refractivity contribution in [1.29, 1.82) is 0 Å². The predicted molar refractivity (Wildman–Crippen MR) is 111 cm³/mol. The molecule has 7 nitrogen and oxygen atoms in total. The number of benzene rings is 1. The van der Waals surface area contributed by atoms with Crippen molar-refractivity contribution in [2.75, 3.05) is 26.2 Å². The van der Waals surface area contributed by atoms with E-state index in [2.05, 4.69) is 19.1 Å². The van der Waals surface area contributed by atoms with Crippen LogP contribution in [-0.2, 0) is 27.7 Å². The van der Waals surface area contributed by atoms with Gasteiger partial charge in [-0.05, 0) is 30.0 Å². The molecule has 9 heteroatoms. The fourth-order valence-electron chi connectivity index (χ4n) is 3.22. The summed E-state index contributed by atoms with van der Waals surface area (Å²) < 4.78 is 26.7. The highest BCUT2D eigenvalue weighted by Gasteiger charge is 2.31. The largest absolute Gasteiger partial charge is 0.478 e. The third kappa shape index (κ3) is 5.04. The number of sulfonamides is 1. The molecule has 3 rings (SSSR count). The van der Waals surface area contributed by atoms with Gasteiger partial charge in [0, 0.05) is 38.0 Å². The van der Waals surface area contributed by atoms with Gasteiger partial charge in [0.05, 0.1) is 5.56 Å². The summed E-state index contributed by atoms with van der Waals surface area (Å²) in [5.41, 5.74) is 2.34. The Kier molecular flexibility index (Phi) is 6.71. The van der Waals surface area contributed by atoms with Crippen LogP contribution in [0.25, 0.3) is 0 Å². The maximum absolute atomic E-state index is 12.7. The quantitative estimate of drug-likeness (QED) is 0.720. The van der Waals surface area contributed by atoms with Crippen molar-refractivity contribution >= 4 is 33.2 Å². The van der Waals surface area contributed by atoms with E-state index in [0.29, 0.717) is 25.9 Å². The number of aryl methyl sites for hydroxylation is 2. The average molecular weight is 437 g/mol. The number of thiophene rings is 1. The molecular weight excluding hydrogens is 412 g/mol. The highest BCUT2D eigenvalue weighted by molar-refractivity contribution is 7.91. The lowest BCUT2D eigenvalue weighted by Crippen LogP contribution is -2.50. The smallest absolute Gasteiger partial charge is 0.336 e. The van der Waals surface area contributed by atoms with Crippen LogP contribution in [0, 0.1) is 0 Å². The van der Waals surface area contributed by atoms with Crippen LogP contribution in [0.5, 0.6) is 0 Å². The van der Waals surface area contributed by atoms with Crippen molar-refractivity contribution in [3.05, 3.63) is 52.4 Å². The number of hydrogen-bond acceptors (Lipinski definition) is 5. The number of aromatic carboxylic acids is 1. The van der Waals surface area contributed by atoms with Gasteiger partial charge in [0.25, 0.3) is 10.0 Å². The van der Waals surface area contributed by atoms with Crippen LogP contribution in [0.3, 0.4) is 0 Å². The van der Waals surface area contributed by atoms with Gasteiger partial charge in [0.1, 0.15) is 4.21 Å². The van der Waals surface area contributed by atoms with E-state index in [1.54, 1.807) is 4.90 Å². The molecule has 2 aromatic rings. The number of carboxylic acid groups (broad SMARTS) is 1. The Morgan fingerprint density at radius 3 is 2.24 bits per heavy atom. The van der Waals surface area contributed by atoms with Crippen LogP contribution in [-0.4, -0.2) is 60.8 Å². The van der Waals surface area contributed by atoms with Crippen molar-refractivity contribution in [3.63, 3.8) is 0 Å². The van der Waals surface area contributed by atoms with Crippen LogP contribution in [0.15, 0.2) is 39.9 Å². The molecular formula is C20H24N2O5S2. The minimum atomic E-state index is -3.74. The van der Waals surface area contributed by atoms with Crippen molar-refractivity contribution in [1.82, 2.24) is 9.21 Å². The molecule has 1 saturated heterocycles. The van der Waals surface area contributed by atoms with E-state index in [1.807, 2.05) is 12.1 Å². The summed E-state index contributed by atoms with van der Waals surface area (Å²) in [7, 11) is -3.74. The minimum absolute atomic E-state index is 0.0187. The lowest BCUT2D eigenvalue weighted by Gasteiger charge is -2.33. The Labute approximate surface area is 174 Å². The Morgan fingerprint density at radius 2 is 1.69 bits per heavy atom. The molecule has 29 heavy (non-hydrogen) atoms. The summed E-state index contributed by atoms with van der Waals surface area (Å²) in [6.45, 7) is 3.19. The summed E-state index contributed by atoms with van der Waals surface area (Å²) in [5, 5.41) is 10.3. The molecule has 1 fully saturated rings. The highest BCUT2D eigenvalue weighted by Crippen LogP contribution is 2.25. The molecule has 1 N–H and O–H groups in total. The zero-order valence-corrected chi connectivity index (χ0v) is 17.8. The Hall–Kier alpha value is -2.23. The average Bonchev–Trinajstić information content (AvgIpc) is 3.24. The van der Waals surface area contributed by atoms with Gasteiger partial charge in [-0.15, -0.1) is 11.3 Å². The lowest BCUT2D eigenvalue weighted by molar-refractivity contribution is -0.132. The number of carboxylic acids is 1. The van der Waals surface area contributed by atoms with Crippen molar-refractivity contribution in [2.24, 2.45) is 0 Å². The number of carbonyl (C=O) groups excluding carboxylic acids is 1. The van der Waals surface area contributed by atoms with Crippen molar-refractivity contribution in [3.8, 4) is 0 Å². The molecule has 156 valence electrons. The summed E-state index contributed by atoms with van der Waals surface area (Å²) in [6.07, 6.45) is 2.04. The first-order chi connectivity index (χ1) is 13.8. The monoisotopic (exact) mass is 436 g/mol. The number of nitrogens with zero attached hydrogens (tertiary/aromatic N) is 2. The summed E-state index contributed by atoms with van der Waals surface area (Å²) in [5.74, 6) is -1.13. The topological polar surface area (TPSA) is 95.0 Å². The fourth-order valence-corrected chi connectivity index (χ4v) is 5.95. The summed E-state index contributed by atoms with van der Waals surface area (Å²) >= 11 is 0.903. The second-order valence-corrected chi connectivity index (χ2v) is 9.99. The molecule has 0 saturated carbocycles. The molecule has 0 atom stereocenters. The molecule has 0 aliphatic carbocycles. The van der Waals surface area contributed by atoms with Crippen LogP contribution >= 0.6 is 11.3 Å². The maximum Gasteiger partial charge on any atom is 0.336 e. The fraction of sp³-hybridized carbons (Fsp3) is 0.400. The maximum atomic E-state index is 12.7. The number of piperazine rings is 1. The Bertz CT molecular complexity index is 975. The highest BCUT2D eigenvalue weighted by atomic mass is 32.2. The van der Waals surface area contributed by atoms with E-state index in [-0.39, 0.29) is 28.8 Å². The van der Waals surface area contributed by atoms with Gasteiger partial charge in [-0.3, -0.25) is 4.79 Å². The van der Waals surface area contributed by atoms with E-state index in [9.17, 15) is 18.0 Å².